The summed E-state index contributed by atoms with van der Waals surface area (Å²) in [7, 11) is -1.06. The van der Waals surface area contributed by atoms with Crippen LogP contribution < -0.4 is 9.98 Å². The van der Waals surface area contributed by atoms with Crippen molar-refractivity contribution in [1.29, 1.82) is 0 Å². The van der Waals surface area contributed by atoms with E-state index in [1.165, 1.54) is 44.1 Å². The number of ether oxygens (including phenoxy) is 2. The molecule has 0 bridgehead atoms. The number of hydrogen-bond acceptors (Lipinski definition) is 5. The van der Waals surface area contributed by atoms with E-state index in [9.17, 15) is 14.3 Å². The number of esters is 1. The van der Waals surface area contributed by atoms with Crippen molar-refractivity contribution in [1.82, 2.24) is 5.09 Å². The smallest absolute Gasteiger partial charge is 0.338 e. The number of nitrogens with zero attached hydrogens (tertiary/aromatic N) is 1. The van der Waals surface area contributed by atoms with Crippen molar-refractivity contribution in [3.8, 4) is 0 Å². The first-order chi connectivity index (χ1) is 16.8. The van der Waals surface area contributed by atoms with Crippen LogP contribution in [0.4, 0.5) is 0 Å². The molecule has 1 heterocycles. The lowest BCUT2D eigenvalue weighted by atomic mass is 10.1. The molecule has 0 saturated carbocycles. The van der Waals surface area contributed by atoms with Gasteiger partial charge >= 0.3 is 5.97 Å². The Morgan fingerprint density at radius 3 is 2.09 bits per heavy atom. The molecule has 0 radical (unpaired) electrons. The second kappa shape index (κ2) is 16.5. The van der Waals surface area contributed by atoms with Crippen LogP contribution in [0.25, 0.3) is 0 Å². The van der Waals surface area contributed by atoms with Gasteiger partial charge < -0.3 is 23.4 Å². The third-order valence-electron chi connectivity index (χ3n) is 6.88. The Morgan fingerprint density at radius 2 is 1.51 bits per heavy atom. The molecule has 1 aromatic rings. The molecule has 0 spiro atoms. The summed E-state index contributed by atoms with van der Waals surface area (Å²) in [6.07, 6.45) is 11.4. The van der Waals surface area contributed by atoms with Crippen molar-refractivity contribution in [3.05, 3.63) is 35.4 Å². The fourth-order valence-electron chi connectivity index (χ4n) is 4.38. The lowest BCUT2D eigenvalue weighted by Crippen LogP contribution is -2.51. The van der Waals surface area contributed by atoms with Crippen LogP contribution in [0.5, 0.6) is 0 Å². The first-order valence-corrected chi connectivity index (χ1v) is 15.4. The monoisotopic (exact) mass is 510 g/mol. The van der Waals surface area contributed by atoms with Crippen molar-refractivity contribution in [3.63, 3.8) is 0 Å². The van der Waals surface area contributed by atoms with E-state index in [1.807, 2.05) is 24.3 Å². The predicted octanol–water partition coefficient (Wildman–Crippen LogP) is 4.88. The molecule has 2 rings (SSSR count). The molecule has 1 aliphatic rings. The van der Waals surface area contributed by atoms with Crippen LogP contribution in [0.15, 0.2) is 24.3 Å². The fraction of sp³-hybridized carbons (Fsp3) is 0.741. The van der Waals surface area contributed by atoms with E-state index < -0.39 is 7.52 Å². The largest absolute Gasteiger partial charge is 0.788 e. The molecule has 1 fully saturated rings. The molecule has 8 heteroatoms. The number of morpholine rings is 1. The van der Waals surface area contributed by atoms with Crippen molar-refractivity contribution < 1.29 is 28.2 Å². The van der Waals surface area contributed by atoms with Crippen LogP contribution in [0.2, 0.25) is 0 Å². The van der Waals surface area contributed by atoms with Crippen LogP contribution in [-0.2, 0) is 20.6 Å². The number of carbonyl (C=O) groups is 1. The van der Waals surface area contributed by atoms with Gasteiger partial charge in [-0.3, -0.25) is 5.09 Å². The molecule has 0 amide bonds. The van der Waals surface area contributed by atoms with E-state index in [0.717, 1.165) is 63.0 Å². The first-order valence-electron chi connectivity index (χ1n) is 13.6. The Labute approximate surface area is 212 Å². The number of carbonyl (C=O) groups excluding carboxylic acids is 1. The Kier molecular flexibility index (Phi) is 14.1. The van der Waals surface area contributed by atoms with E-state index in [2.05, 4.69) is 12.1 Å². The van der Waals surface area contributed by atoms with Gasteiger partial charge in [0.05, 0.1) is 40.0 Å². The molecule has 7 nitrogen and oxygen atoms in total. The molecular formula is C27H47N2O5P. The highest BCUT2D eigenvalue weighted by molar-refractivity contribution is 7.54. The van der Waals surface area contributed by atoms with Crippen LogP contribution in [0.3, 0.4) is 0 Å². The maximum Gasteiger partial charge on any atom is 0.338 e. The van der Waals surface area contributed by atoms with Gasteiger partial charge in [-0.15, -0.1) is 0 Å². The highest BCUT2D eigenvalue weighted by atomic mass is 31.2. The highest BCUT2D eigenvalue weighted by Crippen LogP contribution is 2.28. The summed E-state index contributed by atoms with van der Waals surface area (Å²) in [5.41, 5.74) is 1.87. The molecule has 35 heavy (non-hydrogen) atoms. The average Bonchev–Trinajstić information content (AvgIpc) is 2.84. The van der Waals surface area contributed by atoms with Gasteiger partial charge in [0.1, 0.15) is 19.6 Å². The first kappa shape index (κ1) is 30.0. The van der Waals surface area contributed by atoms with Gasteiger partial charge in [0.2, 0.25) is 0 Å². The predicted molar refractivity (Wildman–Crippen MR) is 139 cm³/mol. The van der Waals surface area contributed by atoms with Gasteiger partial charge in [-0.2, -0.15) is 0 Å². The Bertz CT molecular complexity index is 765. The Hall–Kier alpha value is -1.24. The second-order valence-corrected chi connectivity index (χ2v) is 12.4. The lowest BCUT2D eigenvalue weighted by Gasteiger charge is -2.37. The number of quaternary nitrogens is 1. The molecular weight excluding hydrogens is 463 g/mol. The molecule has 1 atom stereocenters. The highest BCUT2D eigenvalue weighted by Gasteiger charge is 2.25. The van der Waals surface area contributed by atoms with Gasteiger partial charge in [0, 0.05) is 12.1 Å². The Balaban J connectivity index is 1.43. The SMILES string of the molecule is CCP(=O)([O-])NCCCCCCCCCCCCOC(=O)c1ccc(C[N+]2(C)CCOCC2)cc1. The van der Waals surface area contributed by atoms with Crippen molar-refractivity contribution in [2.75, 3.05) is 52.7 Å². The standard InChI is InChI=1S/C27H47N2O5P/c1-3-35(31,32)28-18-12-10-8-6-4-5-7-9-11-13-21-34-27(30)26-16-14-25(15-17-26)24-29(2)19-22-33-23-20-29/h14-17H,3-13,18-24H2,1-2H3,(H-,28,31,32). The summed E-state index contributed by atoms with van der Waals surface area (Å²) in [6.45, 7) is 7.36. The zero-order valence-electron chi connectivity index (χ0n) is 22.0. The van der Waals surface area contributed by atoms with Gasteiger partial charge in [0.25, 0.3) is 0 Å². The van der Waals surface area contributed by atoms with E-state index in [0.29, 0.717) is 18.7 Å². The maximum atomic E-state index is 12.3. The summed E-state index contributed by atoms with van der Waals surface area (Å²) >= 11 is 0. The topological polar surface area (TPSA) is 87.7 Å². The molecule has 0 aliphatic carbocycles. The van der Waals surface area contributed by atoms with Crippen LogP contribution in [-0.4, -0.2) is 63.1 Å². The summed E-state index contributed by atoms with van der Waals surface area (Å²) in [5.74, 6) is -0.230. The van der Waals surface area contributed by atoms with Gasteiger partial charge in [0.15, 0.2) is 0 Å². The number of likely N-dealkylation sites (N-methyl/N-ethyl adjacent to an activating group) is 1. The number of unbranched alkanes of at least 4 members (excludes halogenated alkanes) is 9. The number of rotatable bonds is 18. The van der Waals surface area contributed by atoms with Crippen molar-refractivity contribution in [2.24, 2.45) is 0 Å². The minimum Gasteiger partial charge on any atom is -0.788 e. The van der Waals surface area contributed by atoms with E-state index in [4.69, 9.17) is 9.47 Å². The fourth-order valence-corrected chi connectivity index (χ4v) is 5.10. The van der Waals surface area contributed by atoms with E-state index >= 15 is 0 Å². The zero-order valence-corrected chi connectivity index (χ0v) is 22.9. The van der Waals surface area contributed by atoms with Crippen LogP contribution >= 0.6 is 7.52 Å². The summed E-state index contributed by atoms with van der Waals surface area (Å²) < 4.78 is 23.3. The second-order valence-electron chi connectivity index (χ2n) is 10.1. The normalized spacial score (nSPS) is 17.1. The summed E-state index contributed by atoms with van der Waals surface area (Å²) in [4.78, 5) is 23.7. The van der Waals surface area contributed by atoms with Crippen LogP contribution in [0, 0.1) is 0 Å². The van der Waals surface area contributed by atoms with E-state index in [1.54, 1.807) is 6.92 Å². The molecule has 1 unspecified atom stereocenters. The third-order valence-corrected chi connectivity index (χ3v) is 8.42. The number of benzene rings is 1. The van der Waals surface area contributed by atoms with E-state index in [-0.39, 0.29) is 12.1 Å². The Morgan fingerprint density at radius 1 is 0.971 bits per heavy atom. The maximum absolute atomic E-state index is 12.3. The van der Waals surface area contributed by atoms with Gasteiger partial charge in [-0.05, 0) is 31.1 Å². The minimum absolute atomic E-state index is 0.180. The van der Waals surface area contributed by atoms with Gasteiger partial charge in [-0.25, -0.2) is 4.79 Å². The van der Waals surface area contributed by atoms with Gasteiger partial charge in [-0.1, -0.05) is 70.4 Å². The number of nitrogens with one attached hydrogen (secondary N) is 1. The number of hydrogen-bond donors (Lipinski definition) is 1. The van der Waals surface area contributed by atoms with Crippen molar-refractivity contribution in [2.45, 2.75) is 77.7 Å². The molecule has 1 aromatic carbocycles. The van der Waals surface area contributed by atoms with Crippen molar-refractivity contribution >= 4 is 13.5 Å². The molecule has 1 aliphatic heterocycles. The molecule has 0 aromatic heterocycles. The summed E-state index contributed by atoms with van der Waals surface area (Å²) in [5, 5.41) is 2.64. The average molecular weight is 511 g/mol. The lowest BCUT2D eigenvalue weighted by molar-refractivity contribution is -0.929. The molecule has 1 saturated heterocycles. The van der Waals surface area contributed by atoms with Crippen LogP contribution in [0.1, 0.15) is 87.1 Å². The minimum atomic E-state index is -3.32. The molecule has 1 N–H and O–H groups in total. The zero-order chi connectivity index (χ0) is 25.4. The quantitative estimate of drug-likeness (QED) is 0.131. The third kappa shape index (κ3) is 13.0. The molecule has 200 valence electrons. The summed E-state index contributed by atoms with van der Waals surface area (Å²) in [6, 6.07) is 7.86.